The molecule has 0 amide bonds. The molecule has 1 aromatic heterocycles. The number of nitrogens with zero attached hydrogens (tertiary/aromatic N) is 2. The maximum Gasteiger partial charge on any atom is 0.160 e. The molecule has 0 bridgehead atoms. The normalized spacial score (nSPS) is 10.7. The lowest BCUT2D eigenvalue weighted by Crippen LogP contribution is -1.96. The Labute approximate surface area is 154 Å². The molecule has 1 heterocycles. The van der Waals surface area contributed by atoms with Gasteiger partial charge in [-0.2, -0.15) is 0 Å². The van der Waals surface area contributed by atoms with E-state index in [1.807, 2.05) is 30.3 Å². The van der Waals surface area contributed by atoms with E-state index in [1.54, 1.807) is 0 Å². The lowest BCUT2D eigenvalue weighted by Gasteiger charge is -2.10. The molecular weight excluding hydrogens is 316 g/mol. The quantitative estimate of drug-likeness (QED) is 0.452. The van der Waals surface area contributed by atoms with Gasteiger partial charge in [0.05, 0.1) is 11.4 Å². The van der Waals surface area contributed by atoms with Gasteiger partial charge in [-0.3, -0.25) is 0 Å². The van der Waals surface area contributed by atoms with Gasteiger partial charge in [-0.25, -0.2) is 9.97 Å². The second kappa shape index (κ2) is 6.93. The molecule has 0 aliphatic carbocycles. The molecule has 0 unspecified atom stereocenters. The second-order valence-electron chi connectivity index (χ2n) is 6.56. The Kier molecular flexibility index (Phi) is 4.32. The summed E-state index contributed by atoms with van der Waals surface area (Å²) in [5.74, 6) is 0.750. The molecule has 4 aromatic rings. The van der Waals surface area contributed by atoms with Crippen molar-refractivity contribution in [3.8, 4) is 33.9 Å². The first-order valence-corrected chi connectivity index (χ1v) is 8.78. The predicted octanol–water partition coefficient (Wildman–Crippen LogP) is 6.09. The molecular formula is C24H20N2. The summed E-state index contributed by atoms with van der Waals surface area (Å²) in [7, 11) is 0. The first-order valence-electron chi connectivity index (χ1n) is 8.78. The minimum atomic E-state index is 0.750. The van der Waals surface area contributed by atoms with E-state index in [0.29, 0.717) is 0 Å². The van der Waals surface area contributed by atoms with Gasteiger partial charge in [-0.05, 0) is 26.0 Å². The van der Waals surface area contributed by atoms with Crippen LogP contribution < -0.4 is 0 Å². The van der Waals surface area contributed by atoms with Gasteiger partial charge in [-0.1, -0.05) is 83.9 Å². The number of aromatic nitrogens is 2. The Morgan fingerprint density at radius 1 is 0.500 bits per heavy atom. The number of benzene rings is 3. The Morgan fingerprint density at radius 3 is 1.85 bits per heavy atom. The zero-order valence-electron chi connectivity index (χ0n) is 15.0. The van der Waals surface area contributed by atoms with Crippen LogP contribution >= 0.6 is 0 Å². The first-order chi connectivity index (χ1) is 12.7. The summed E-state index contributed by atoms with van der Waals surface area (Å²) < 4.78 is 0. The van der Waals surface area contributed by atoms with Crippen LogP contribution in [0, 0.1) is 13.8 Å². The van der Waals surface area contributed by atoms with Crippen LogP contribution in [0.5, 0.6) is 0 Å². The van der Waals surface area contributed by atoms with E-state index < -0.39 is 0 Å². The molecule has 3 aromatic carbocycles. The van der Waals surface area contributed by atoms with Crippen molar-refractivity contribution >= 4 is 0 Å². The average molecular weight is 336 g/mol. The van der Waals surface area contributed by atoms with Gasteiger partial charge in [0.25, 0.3) is 0 Å². The molecule has 0 fully saturated rings. The maximum absolute atomic E-state index is 4.85. The fourth-order valence-electron chi connectivity index (χ4n) is 2.99. The van der Waals surface area contributed by atoms with Gasteiger partial charge in [0.2, 0.25) is 0 Å². The molecule has 2 heteroatoms. The van der Waals surface area contributed by atoms with E-state index in [9.17, 15) is 0 Å². The van der Waals surface area contributed by atoms with E-state index in [1.165, 1.54) is 11.1 Å². The van der Waals surface area contributed by atoms with Crippen molar-refractivity contribution in [2.75, 3.05) is 0 Å². The molecule has 0 atom stereocenters. The van der Waals surface area contributed by atoms with Crippen molar-refractivity contribution in [3.63, 3.8) is 0 Å². The molecule has 0 aliphatic heterocycles. The third-order valence-electron chi connectivity index (χ3n) is 4.42. The topological polar surface area (TPSA) is 25.8 Å². The first kappa shape index (κ1) is 16.2. The number of rotatable bonds is 3. The fraction of sp³-hybridized carbons (Fsp3) is 0.0833. The van der Waals surface area contributed by atoms with Crippen molar-refractivity contribution in [2.24, 2.45) is 0 Å². The molecule has 0 aliphatic rings. The summed E-state index contributed by atoms with van der Waals surface area (Å²) in [6, 6.07) is 29.1. The van der Waals surface area contributed by atoms with Crippen LogP contribution in [0.1, 0.15) is 11.1 Å². The molecule has 0 N–H and O–H groups in total. The van der Waals surface area contributed by atoms with Crippen LogP contribution in [0.25, 0.3) is 33.9 Å². The van der Waals surface area contributed by atoms with Crippen LogP contribution in [0.4, 0.5) is 0 Å². The van der Waals surface area contributed by atoms with Gasteiger partial charge in [0.15, 0.2) is 5.82 Å². The van der Waals surface area contributed by atoms with E-state index in [0.717, 1.165) is 33.9 Å². The highest BCUT2D eigenvalue weighted by Gasteiger charge is 2.10. The highest BCUT2D eigenvalue weighted by atomic mass is 14.9. The smallest absolute Gasteiger partial charge is 0.160 e. The highest BCUT2D eigenvalue weighted by Crippen LogP contribution is 2.27. The van der Waals surface area contributed by atoms with E-state index in [-0.39, 0.29) is 0 Å². The number of hydrogen-bond donors (Lipinski definition) is 0. The summed E-state index contributed by atoms with van der Waals surface area (Å²) in [5, 5.41) is 0. The minimum absolute atomic E-state index is 0.750. The number of hydrogen-bond acceptors (Lipinski definition) is 2. The van der Waals surface area contributed by atoms with Crippen LogP contribution in [-0.2, 0) is 0 Å². The standard InChI is InChI=1S/C24H20N2/c1-17-11-13-19(14-12-17)22-16-23(21-10-6-7-18(2)15-21)26-24(25-22)20-8-4-3-5-9-20/h3-16H,1-2H3. The Morgan fingerprint density at radius 2 is 1.15 bits per heavy atom. The molecule has 0 spiro atoms. The van der Waals surface area contributed by atoms with Gasteiger partial charge in [-0.15, -0.1) is 0 Å². The second-order valence-corrected chi connectivity index (χ2v) is 6.56. The summed E-state index contributed by atoms with van der Waals surface area (Å²) in [6.45, 7) is 4.20. The van der Waals surface area contributed by atoms with Gasteiger partial charge in [0.1, 0.15) is 0 Å². The van der Waals surface area contributed by atoms with Crippen molar-refractivity contribution in [1.82, 2.24) is 9.97 Å². The molecule has 0 saturated heterocycles. The molecule has 4 rings (SSSR count). The fourth-order valence-corrected chi connectivity index (χ4v) is 2.99. The average Bonchev–Trinajstić information content (AvgIpc) is 2.69. The van der Waals surface area contributed by atoms with Crippen molar-refractivity contribution in [2.45, 2.75) is 13.8 Å². The van der Waals surface area contributed by atoms with Crippen LogP contribution in [0.15, 0.2) is 84.9 Å². The number of aryl methyl sites for hydroxylation is 2. The maximum atomic E-state index is 4.85. The zero-order valence-corrected chi connectivity index (χ0v) is 15.0. The predicted molar refractivity (Wildman–Crippen MR) is 108 cm³/mol. The summed E-state index contributed by atoms with van der Waals surface area (Å²) in [5.41, 5.74) is 7.58. The largest absolute Gasteiger partial charge is 0.228 e. The molecule has 126 valence electrons. The van der Waals surface area contributed by atoms with Crippen molar-refractivity contribution < 1.29 is 0 Å². The van der Waals surface area contributed by atoms with E-state index in [2.05, 4.69) is 68.4 Å². The lowest BCUT2D eigenvalue weighted by atomic mass is 10.0. The van der Waals surface area contributed by atoms with Crippen LogP contribution in [-0.4, -0.2) is 9.97 Å². The third kappa shape index (κ3) is 3.40. The van der Waals surface area contributed by atoms with Gasteiger partial charge in [0, 0.05) is 16.7 Å². The Hall–Kier alpha value is -3.26. The molecule has 2 nitrogen and oxygen atoms in total. The molecule has 26 heavy (non-hydrogen) atoms. The van der Waals surface area contributed by atoms with E-state index in [4.69, 9.17) is 9.97 Å². The third-order valence-corrected chi connectivity index (χ3v) is 4.42. The van der Waals surface area contributed by atoms with Crippen molar-refractivity contribution in [3.05, 3.63) is 96.1 Å². The monoisotopic (exact) mass is 336 g/mol. The lowest BCUT2D eigenvalue weighted by molar-refractivity contribution is 1.18. The van der Waals surface area contributed by atoms with Crippen molar-refractivity contribution in [1.29, 1.82) is 0 Å². The van der Waals surface area contributed by atoms with Crippen LogP contribution in [0.3, 0.4) is 0 Å². The highest BCUT2D eigenvalue weighted by molar-refractivity contribution is 5.72. The Bertz CT molecular complexity index is 1040. The minimum Gasteiger partial charge on any atom is -0.228 e. The zero-order chi connectivity index (χ0) is 17.9. The van der Waals surface area contributed by atoms with Gasteiger partial charge < -0.3 is 0 Å². The molecule has 0 saturated carbocycles. The SMILES string of the molecule is Cc1ccc(-c2cc(-c3cccc(C)c3)nc(-c3ccccc3)n2)cc1. The summed E-state index contributed by atoms with van der Waals surface area (Å²) in [6.07, 6.45) is 0. The summed E-state index contributed by atoms with van der Waals surface area (Å²) in [4.78, 5) is 9.69. The van der Waals surface area contributed by atoms with E-state index >= 15 is 0 Å². The summed E-state index contributed by atoms with van der Waals surface area (Å²) >= 11 is 0. The Balaban J connectivity index is 1.91. The molecule has 0 radical (unpaired) electrons. The van der Waals surface area contributed by atoms with Crippen LogP contribution in [0.2, 0.25) is 0 Å². The van der Waals surface area contributed by atoms with Gasteiger partial charge >= 0.3 is 0 Å².